The number of anilines is 1. The van der Waals surface area contributed by atoms with Crippen molar-refractivity contribution in [2.45, 2.75) is 11.8 Å². The van der Waals surface area contributed by atoms with Crippen LogP contribution in [0, 0.1) is 12.7 Å². The molecule has 1 heterocycles. The van der Waals surface area contributed by atoms with Crippen LogP contribution in [0.2, 0.25) is 0 Å². The van der Waals surface area contributed by atoms with Gasteiger partial charge in [0.15, 0.2) is 0 Å². The number of carbonyl (C=O) groups excluding carboxylic acids is 1. The molecule has 1 amide bonds. The minimum atomic E-state index is -3.63. The molecule has 0 aliphatic rings. The van der Waals surface area contributed by atoms with E-state index >= 15 is 0 Å². The van der Waals surface area contributed by atoms with Gasteiger partial charge >= 0.3 is 0 Å². The molecule has 0 saturated heterocycles. The molecule has 0 atom stereocenters. The highest BCUT2D eigenvalue weighted by atomic mass is 32.2. The van der Waals surface area contributed by atoms with E-state index in [0.29, 0.717) is 11.3 Å². The first-order valence-electron chi connectivity index (χ1n) is 6.42. The number of halogens is 1. The molecule has 1 aromatic heterocycles. The quantitative estimate of drug-likeness (QED) is 0.896. The Bertz CT molecular complexity index is 828. The summed E-state index contributed by atoms with van der Waals surface area (Å²) in [5, 5.41) is 2.58. The lowest BCUT2D eigenvalue weighted by molar-refractivity contribution is 0.101. The number of nitrogens with zero attached hydrogens (tertiary/aromatic N) is 1. The smallest absolute Gasteiger partial charge is 0.272 e. The first kappa shape index (κ1) is 16.2. The molecular formula is C14H16FN3O3S. The molecule has 22 heavy (non-hydrogen) atoms. The Morgan fingerprint density at radius 2 is 1.95 bits per heavy atom. The van der Waals surface area contributed by atoms with E-state index < -0.39 is 21.7 Å². The summed E-state index contributed by atoms with van der Waals surface area (Å²) in [5.41, 5.74) is 1.19. The predicted octanol–water partition coefficient (Wildman–Crippen LogP) is 1.63. The van der Waals surface area contributed by atoms with Crippen LogP contribution in [0.3, 0.4) is 0 Å². The van der Waals surface area contributed by atoms with Gasteiger partial charge in [-0.1, -0.05) is 6.07 Å². The van der Waals surface area contributed by atoms with Crippen molar-refractivity contribution in [3.8, 4) is 0 Å². The lowest BCUT2D eigenvalue weighted by Gasteiger charge is -2.08. The van der Waals surface area contributed by atoms with Gasteiger partial charge in [0.2, 0.25) is 10.0 Å². The summed E-state index contributed by atoms with van der Waals surface area (Å²) in [7, 11) is -0.785. The largest absolute Gasteiger partial charge is 0.345 e. The Labute approximate surface area is 128 Å². The number of hydrogen-bond donors (Lipinski definition) is 2. The Hall–Kier alpha value is -2.19. The van der Waals surface area contributed by atoms with E-state index in [4.69, 9.17) is 0 Å². The standard InChI is InChI=1S/C14H16FN3O3S/c1-9-4-5-10(15)6-12(9)17-14(19)13-7-11(8-18(13)3)22(20,21)16-2/h4-8,16H,1-3H3,(H,17,19). The summed E-state index contributed by atoms with van der Waals surface area (Å²) in [6.45, 7) is 1.73. The summed E-state index contributed by atoms with van der Waals surface area (Å²) in [4.78, 5) is 12.2. The highest BCUT2D eigenvalue weighted by molar-refractivity contribution is 7.89. The second-order valence-corrected chi connectivity index (χ2v) is 6.68. The van der Waals surface area contributed by atoms with Crippen LogP contribution < -0.4 is 10.0 Å². The Morgan fingerprint density at radius 3 is 2.59 bits per heavy atom. The van der Waals surface area contributed by atoms with Gasteiger partial charge in [0, 0.05) is 18.9 Å². The Morgan fingerprint density at radius 1 is 1.27 bits per heavy atom. The van der Waals surface area contributed by atoms with E-state index in [1.807, 2.05) is 0 Å². The first-order valence-corrected chi connectivity index (χ1v) is 7.90. The first-order chi connectivity index (χ1) is 10.2. The highest BCUT2D eigenvalue weighted by Gasteiger charge is 2.19. The molecule has 0 bridgehead atoms. The molecule has 0 spiro atoms. The average Bonchev–Trinajstić information content (AvgIpc) is 2.85. The predicted molar refractivity (Wildman–Crippen MR) is 80.7 cm³/mol. The van der Waals surface area contributed by atoms with E-state index in [-0.39, 0.29) is 10.6 Å². The van der Waals surface area contributed by atoms with Crippen molar-refractivity contribution in [2.75, 3.05) is 12.4 Å². The van der Waals surface area contributed by atoms with Gasteiger partial charge < -0.3 is 9.88 Å². The van der Waals surface area contributed by atoms with Gasteiger partial charge in [-0.2, -0.15) is 0 Å². The van der Waals surface area contributed by atoms with Crippen molar-refractivity contribution in [3.63, 3.8) is 0 Å². The molecule has 0 saturated carbocycles. The lowest BCUT2D eigenvalue weighted by Crippen LogP contribution is -2.18. The van der Waals surface area contributed by atoms with Crippen LogP contribution in [-0.4, -0.2) is 25.9 Å². The van der Waals surface area contributed by atoms with Crippen LogP contribution in [0.5, 0.6) is 0 Å². The minimum Gasteiger partial charge on any atom is -0.345 e. The Balaban J connectivity index is 2.33. The van der Waals surface area contributed by atoms with Crippen LogP contribution in [-0.2, 0) is 17.1 Å². The number of nitrogens with one attached hydrogen (secondary N) is 2. The van der Waals surface area contributed by atoms with E-state index in [1.54, 1.807) is 20.0 Å². The monoisotopic (exact) mass is 325 g/mol. The molecule has 0 unspecified atom stereocenters. The topological polar surface area (TPSA) is 80.2 Å². The van der Waals surface area contributed by atoms with Crippen molar-refractivity contribution >= 4 is 21.6 Å². The fraction of sp³-hybridized carbons (Fsp3) is 0.214. The minimum absolute atomic E-state index is 0.0152. The summed E-state index contributed by atoms with van der Waals surface area (Å²) >= 11 is 0. The maximum absolute atomic E-state index is 13.2. The van der Waals surface area contributed by atoms with Crippen LogP contribution >= 0.6 is 0 Å². The Kier molecular flexibility index (Phi) is 4.34. The normalized spacial score (nSPS) is 11.5. The maximum Gasteiger partial charge on any atom is 0.272 e. The number of sulfonamides is 1. The van der Waals surface area contributed by atoms with Crippen LogP contribution in [0.25, 0.3) is 0 Å². The number of aromatic nitrogens is 1. The van der Waals surface area contributed by atoms with Crippen molar-refractivity contribution in [1.29, 1.82) is 0 Å². The highest BCUT2D eigenvalue weighted by Crippen LogP contribution is 2.19. The van der Waals surface area contributed by atoms with E-state index in [1.165, 1.54) is 36.0 Å². The summed E-state index contributed by atoms with van der Waals surface area (Å²) in [6, 6.07) is 5.31. The zero-order valence-electron chi connectivity index (χ0n) is 12.3. The van der Waals surface area contributed by atoms with Crippen molar-refractivity contribution in [2.24, 2.45) is 7.05 Å². The van der Waals surface area contributed by atoms with Crippen LogP contribution in [0.15, 0.2) is 35.4 Å². The van der Waals surface area contributed by atoms with Crippen molar-refractivity contribution < 1.29 is 17.6 Å². The second kappa shape index (κ2) is 5.90. The molecule has 2 aromatic rings. The fourth-order valence-corrected chi connectivity index (χ4v) is 2.74. The number of aryl methyl sites for hydroxylation is 2. The SMILES string of the molecule is CNS(=O)(=O)c1cc(C(=O)Nc2cc(F)ccc2C)n(C)c1. The fourth-order valence-electron chi connectivity index (χ4n) is 1.94. The van der Waals surface area contributed by atoms with Crippen molar-refractivity contribution in [1.82, 2.24) is 9.29 Å². The molecule has 0 aliphatic heterocycles. The summed E-state index contributed by atoms with van der Waals surface area (Å²) in [5.74, 6) is -0.986. The van der Waals surface area contributed by atoms with E-state index in [2.05, 4.69) is 10.0 Å². The molecule has 118 valence electrons. The van der Waals surface area contributed by atoms with Crippen molar-refractivity contribution in [3.05, 3.63) is 47.5 Å². The molecular weight excluding hydrogens is 309 g/mol. The summed E-state index contributed by atoms with van der Waals surface area (Å²) < 4.78 is 40.3. The maximum atomic E-state index is 13.2. The zero-order chi connectivity index (χ0) is 16.5. The van der Waals surface area contributed by atoms with Gasteiger partial charge in [-0.3, -0.25) is 4.79 Å². The number of carbonyl (C=O) groups is 1. The number of benzene rings is 1. The third-order valence-electron chi connectivity index (χ3n) is 3.24. The zero-order valence-corrected chi connectivity index (χ0v) is 13.2. The molecule has 2 N–H and O–H groups in total. The van der Waals surface area contributed by atoms with Gasteiger partial charge in [-0.05, 0) is 37.7 Å². The number of hydrogen-bond acceptors (Lipinski definition) is 3. The summed E-state index contributed by atoms with van der Waals surface area (Å²) in [6.07, 6.45) is 1.33. The van der Waals surface area contributed by atoms with Gasteiger partial charge in [-0.25, -0.2) is 17.5 Å². The van der Waals surface area contributed by atoms with Crippen LogP contribution in [0.4, 0.5) is 10.1 Å². The third-order valence-corrected chi connectivity index (χ3v) is 4.62. The molecule has 1 aromatic carbocycles. The van der Waals surface area contributed by atoms with E-state index in [9.17, 15) is 17.6 Å². The van der Waals surface area contributed by atoms with Gasteiger partial charge in [-0.15, -0.1) is 0 Å². The van der Waals surface area contributed by atoms with E-state index in [0.717, 1.165) is 0 Å². The molecule has 0 radical (unpaired) electrons. The average molecular weight is 325 g/mol. The molecule has 0 aliphatic carbocycles. The number of rotatable bonds is 4. The number of amides is 1. The third kappa shape index (κ3) is 3.18. The molecule has 6 nitrogen and oxygen atoms in total. The molecule has 2 rings (SSSR count). The lowest BCUT2D eigenvalue weighted by atomic mass is 10.2. The molecule has 8 heteroatoms. The van der Waals surface area contributed by atoms with Gasteiger partial charge in [0.05, 0.1) is 0 Å². The van der Waals surface area contributed by atoms with Crippen LogP contribution in [0.1, 0.15) is 16.1 Å². The van der Waals surface area contributed by atoms with Gasteiger partial charge in [0.1, 0.15) is 16.4 Å². The molecule has 0 fully saturated rings. The second-order valence-electron chi connectivity index (χ2n) is 4.79. The van der Waals surface area contributed by atoms with Gasteiger partial charge in [0.25, 0.3) is 5.91 Å².